The molecule has 10 nitrogen and oxygen atoms in total. The molecule has 0 saturated heterocycles. The molecule has 0 radical (unpaired) electrons. The van der Waals surface area contributed by atoms with Crippen LogP contribution in [-0.4, -0.2) is 40.7 Å². The fourth-order valence-electron chi connectivity index (χ4n) is 3.90. The summed E-state index contributed by atoms with van der Waals surface area (Å²) in [7, 11) is 0. The normalized spacial score (nSPS) is 15.9. The topological polar surface area (TPSA) is 136 Å². The maximum atomic E-state index is 11.5. The number of anilines is 1. The van der Waals surface area contributed by atoms with Crippen molar-refractivity contribution in [3.05, 3.63) is 81.2 Å². The number of nitrogens with zero attached hydrogens (tertiary/aromatic N) is 5. The van der Waals surface area contributed by atoms with Gasteiger partial charge in [-0.25, -0.2) is 9.79 Å². The average Bonchev–Trinajstić information content (AvgIpc) is 3.47. The molecule has 0 unspecified atom stereocenters. The van der Waals surface area contributed by atoms with E-state index >= 15 is 0 Å². The Morgan fingerprint density at radius 1 is 1.18 bits per heavy atom. The van der Waals surface area contributed by atoms with Gasteiger partial charge in [-0.05, 0) is 48.2 Å². The standard InChI is InChI=1S/C24H22N8O2/c1-13(15-7-6-14-4-2-3-5-16(14)10-15)26-22-29-20-17(11-19-21(33)30-24(34)28-19)12-25-32(20)23(31-22)27-18-8-9-18/h2-7,10-13,18,33H,8-9H2,1H3,(H,26,27,31)(H2,28,30,34)/b17-11+/t13-/m0/s1. The Hall–Kier alpha value is -4.47. The van der Waals surface area contributed by atoms with Crippen LogP contribution < -0.4 is 21.8 Å². The van der Waals surface area contributed by atoms with Crippen molar-refractivity contribution >= 4 is 28.4 Å². The van der Waals surface area contributed by atoms with Gasteiger partial charge in [0.05, 0.1) is 18.3 Å². The third-order valence-electron chi connectivity index (χ3n) is 5.88. The summed E-state index contributed by atoms with van der Waals surface area (Å²) in [6, 6.07) is 14.8. The number of imidazole rings is 1. The number of H-pyrrole nitrogens is 2. The van der Waals surface area contributed by atoms with E-state index in [0.717, 1.165) is 18.4 Å². The number of aromatic hydroxyl groups is 1. The van der Waals surface area contributed by atoms with Crippen LogP contribution in [0.3, 0.4) is 0 Å². The van der Waals surface area contributed by atoms with E-state index in [0.29, 0.717) is 22.4 Å². The molecule has 0 amide bonds. The molecule has 3 heterocycles. The summed E-state index contributed by atoms with van der Waals surface area (Å²) in [5, 5.41) is 20.7. The molecule has 6 rings (SSSR count). The number of aromatic amines is 2. The second-order valence-corrected chi connectivity index (χ2v) is 8.50. The van der Waals surface area contributed by atoms with Crippen molar-refractivity contribution in [1.82, 2.24) is 29.5 Å². The summed E-state index contributed by atoms with van der Waals surface area (Å²) >= 11 is 0. The highest BCUT2D eigenvalue weighted by molar-refractivity contribution is 5.83. The number of aromatic nitrogens is 6. The molecule has 1 saturated carbocycles. The van der Waals surface area contributed by atoms with Gasteiger partial charge in [0, 0.05) is 5.22 Å². The fraction of sp³-hybridized carbons (Fsp3) is 0.208. The van der Waals surface area contributed by atoms with Crippen LogP contribution in [0.15, 0.2) is 58.4 Å². The molecule has 3 aromatic heterocycles. The number of benzene rings is 2. The highest BCUT2D eigenvalue weighted by atomic mass is 16.3. The molecule has 0 bridgehead atoms. The highest BCUT2D eigenvalue weighted by Crippen LogP contribution is 2.23. The summed E-state index contributed by atoms with van der Waals surface area (Å²) in [5.74, 6) is 0.180. The third-order valence-corrected chi connectivity index (χ3v) is 5.88. The zero-order chi connectivity index (χ0) is 23.2. The van der Waals surface area contributed by atoms with Gasteiger partial charge in [0.1, 0.15) is 5.69 Å². The SMILES string of the molecule is C[C@H](Nc1nc(=NC2CC2)n2nc/c(=C\c3[nH]c(=O)[nH]c3O)c2n1)c1ccc2ccccc2c1. The Bertz CT molecular complexity index is 1710. The van der Waals surface area contributed by atoms with Crippen molar-refractivity contribution in [3.63, 3.8) is 0 Å². The van der Waals surface area contributed by atoms with Crippen LogP contribution in [-0.2, 0) is 0 Å². The van der Waals surface area contributed by atoms with E-state index in [4.69, 9.17) is 4.99 Å². The van der Waals surface area contributed by atoms with Gasteiger partial charge in [0.2, 0.25) is 11.8 Å². The van der Waals surface area contributed by atoms with E-state index in [-0.39, 0.29) is 23.7 Å². The van der Waals surface area contributed by atoms with Crippen LogP contribution >= 0.6 is 0 Å². The number of hydrogen-bond acceptors (Lipinski definition) is 7. The van der Waals surface area contributed by atoms with Crippen LogP contribution in [0, 0.1) is 0 Å². The van der Waals surface area contributed by atoms with Gasteiger partial charge in [0.15, 0.2) is 5.65 Å². The predicted molar refractivity (Wildman–Crippen MR) is 127 cm³/mol. The smallest absolute Gasteiger partial charge is 0.326 e. The Balaban J connectivity index is 1.43. The lowest BCUT2D eigenvalue weighted by molar-refractivity contribution is 0.454. The molecular formula is C24H22N8O2. The summed E-state index contributed by atoms with van der Waals surface area (Å²) in [4.78, 5) is 30.4. The van der Waals surface area contributed by atoms with E-state index in [2.05, 4.69) is 67.6 Å². The van der Waals surface area contributed by atoms with Gasteiger partial charge in [-0.1, -0.05) is 36.4 Å². The summed E-state index contributed by atoms with van der Waals surface area (Å²) in [6.45, 7) is 2.06. The number of fused-ring (bicyclic) bond motifs is 2. The van der Waals surface area contributed by atoms with Crippen molar-refractivity contribution in [2.45, 2.75) is 31.8 Å². The number of hydrogen-bond donors (Lipinski definition) is 4. The lowest BCUT2D eigenvalue weighted by Crippen LogP contribution is -2.25. The molecule has 1 fully saturated rings. The van der Waals surface area contributed by atoms with Gasteiger partial charge >= 0.3 is 5.69 Å². The van der Waals surface area contributed by atoms with Gasteiger partial charge in [-0.15, -0.1) is 0 Å². The fourth-order valence-corrected chi connectivity index (χ4v) is 3.90. The molecule has 0 spiro atoms. The van der Waals surface area contributed by atoms with E-state index in [1.165, 1.54) is 10.8 Å². The van der Waals surface area contributed by atoms with Crippen molar-refractivity contribution < 1.29 is 5.11 Å². The van der Waals surface area contributed by atoms with Crippen molar-refractivity contribution in [1.29, 1.82) is 0 Å². The first-order chi connectivity index (χ1) is 16.5. The molecule has 2 aromatic carbocycles. The van der Waals surface area contributed by atoms with Crippen molar-refractivity contribution in [2.24, 2.45) is 4.99 Å². The molecule has 1 aliphatic rings. The lowest BCUT2D eigenvalue weighted by atomic mass is 10.0. The quantitative estimate of drug-likeness (QED) is 0.320. The van der Waals surface area contributed by atoms with Crippen LogP contribution in [0.4, 0.5) is 5.95 Å². The Kier molecular flexibility index (Phi) is 4.65. The second-order valence-electron chi connectivity index (χ2n) is 8.50. The third kappa shape index (κ3) is 3.79. The lowest BCUT2D eigenvalue weighted by Gasteiger charge is -2.15. The monoisotopic (exact) mass is 454 g/mol. The van der Waals surface area contributed by atoms with E-state index in [1.54, 1.807) is 16.8 Å². The first kappa shape index (κ1) is 20.2. The summed E-state index contributed by atoms with van der Waals surface area (Å²) in [5.41, 5.74) is 1.85. The molecule has 170 valence electrons. The Morgan fingerprint density at radius 2 is 2.00 bits per heavy atom. The minimum absolute atomic E-state index is 0.0544. The molecule has 1 atom stereocenters. The van der Waals surface area contributed by atoms with E-state index < -0.39 is 5.69 Å². The summed E-state index contributed by atoms with van der Waals surface area (Å²) in [6.07, 6.45) is 5.28. The van der Waals surface area contributed by atoms with E-state index in [1.807, 2.05) is 12.1 Å². The molecule has 1 aliphatic carbocycles. The predicted octanol–water partition coefficient (Wildman–Crippen LogP) is 1.78. The largest absolute Gasteiger partial charge is 0.493 e. The Morgan fingerprint density at radius 3 is 2.76 bits per heavy atom. The molecule has 34 heavy (non-hydrogen) atoms. The highest BCUT2D eigenvalue weighted by Gasteiger charge is 2.21. The Labute approximate surface area is 192 Å². The number of nitrogens with one attached hydrogen (secondary N) is 3. The maximum absolute atomic E-state index is 11.5. The van der Waals surface area contributed by atoms with Crippen LogP contribution in [0.5, 0.6) is 5.88 Å². The van der Waals surface area contributed by atoms with E-state index in [9.17, 15) is 9.90 Å². The zero-order valence-corrected chi connectivity index (χ0v) is 18.4. The van der Waals surface area contributed by atoms with Crippen molar-refractivity contribution in [3.8, 4) is 5.88 Å². The van der Waals surface area contributed by atoms with Gasteiger partial charge < -0.3 is 15.4 Å². The minimum atomic E-state index is -0.495. The first-order valence-electron chi connectivity index (χ1n) is 11.1. The first-order valence-corrected chi connectivity index (χ1v) is 11.1. The molecular weight excluding hydrogens is 432 g/mol. The molecule has 5 aromatic rings. The maximum Gasteiger partial charge on any atom is 0.326 e. The van der Waals surface area contributed by atoms with Crippen LogP contribution in [0.1, 0.15) is 37.1 Å². The zero-order valence-electron chi connectivity index (χ0n) is 18.4. The number of rotatable bonds is 5. The molecule has 4 N–H and O–H groups in total. The van der Waals surface area contributed by atoms with Crippen molar-refractivity contribution in [2.75, 3.05) is 5.32 Å². The average molecular weight is 454 g/mol. The van der Waals surface area contributed by atoms with Gasteiger partial charge in [0.25, 0.3) is 5.62 Å². The van der Waals surface area contributed by atoms with Crippen LogP contribution in [0.25, 0.3) is 22.5 Å². The van der Waals surface area contributed by atoms with Gasteiger partial charge in [-0.3, -0.25) is 4.98 Å². The summed E-state index contributed by atoms with van der Waals surface area (Å²) < 4.78 is 1.58. The molecule has 0 aliphatic heterocycles. The van der Waals surface area contributed by atoms with Gasteiger partial charge in [-0.2, -0.15) is 19.6 Å². The second kappa shape index (κ2) is 7.84. The molecule has 10 heteroatoms. The van der Waals surface area contributed by atoms with Crippen LogP contribution in [0.2, 0.25) is 0 Å². The minimum Gasteiger partial charge on any atom is -0.493 e.